The molecule has 0 unspecified atom stereocenters. The molecule has 0 aromatic heterocycles. The number of aromatic carboxylic acids is 1. The number of carboxylic acid groups (broad SMARTS) is 1. The van der Waals surface area contributed by atoms with Crippen LogP contribution in [0.4, 0.5) is 0 Å². The zero-order valence-corrected chi connectivity index (χ0v) is 9.87. The average molecular weight is 254 g/mol. The molecule has 1 N–H and O–H groups in total. The van der Waals surface area contributed by atoms with Gasteiger partial charge in [-0.3, -0.25) is 0 Å². The maximum Gasteiger partial charge on any atom is 0.339 e. The topological polar surface area (TPSA) is 63.6 Å². The van der Waals surface area contributed by atoms with Gasteiger partial charge in [-0.2, -0.15) is 0 Å². The first-order chi connectivity index (χ1) is 9.16. The molecular weight excluding hydrogens is 244 g/mol. The van der Waals surface area contributed by atoms with E-state index in [9.17, 15) is 9.59 Å². The van der Waals surface area contributed by atoms with Crippen molar-refractivity contribution in [3.8, 4) is 0 Å². The van der Waals surface area contributed by atoms with Crippen LogP contribution in [-0.4, -0.2) is 17.0 Å². The molecular formula is C15H10O4. The monoisotopic (exact) mass is 254 g/mol. The third kappa shape index (κ3) is 1.87. The van der Waals surface area contributed by atoms with E-state index in [1.165, 1.54) is 18.2 Å². The molecule has 94 valence electrons. The van der Waals surface area contributed by atoms with E-state index in [1.54, 1.807) is 0 Å². The lowest BCUT2D eigenvalue weighted by molar-refractivity contribution is 0.0455. The van der Waals surface area contributed by atoms with Crippen molar-refractivity contribution in [2.75, 3.05) is 0 Å². The first-order valence-electron chi connectivity index (χ1n) is 5.80. The zero-order valence-electron chi connectivity index (χ0n) is 9.87. The van der Waals surface area contributed by atoms with Gasteiger partial charge in [0.25, 0.3) is 0 Å². The smallest absolute Gasteiger partial charge is 0.339 e. The van der Waals surface area contributed by atoms with Crippen LogP contribution in [0.2, 0.25) is 0 Å². The Labute approximate surface area is 109 Å². The van der Waals surface area contributed by atoms with E-state index in [2.05, 4.69) is 0 Å². The molecule has 0 radical (unpaired) electrons. The van der Waals surface area contributed by atoms with E-state index in [4.69, 9.17) is 9.84 Å². The molecule has 4 nitrogen and oxygen atoms in total. The van der Waals surface area contributed by atoms with Gasteiger partial charge in [0.1, 0.15) is 0 Å². The second-order valence-corrected chi connectivity index (χ2v) is 4.30. The van der Waals surface area contributed by atoms with Crippen LogP contribution in [-0.2, 0) is 4.74 Å². The van der Waals surface area contributed by atoms with E-state index >= 15 is 0 Å². The summed E-state index contributed by atoms with van der Waals surface area (Å²) in [6.07, 6.45) is -0.525. The predicted molar refractivity (Wildman–Crippen MR) is 67.1 cm³/mol. The largest absolute Gasteiger partial charge is 0.478 e. The fourth-order valence-electron chi connectivity index (χ4n) is 2.21. The van der Waals surface area contributed by atoms with Gasteiger partial charge >= 0.3 is 11.9 Å². The fourth-order valence-corrected chi connectivity index (χ4v) is 2.21. The minimum Gasteiger partial charge on any atom is -0.478 e. The van der Waals surface area contributed by atoms with Gasteiger partial charge in [-0.1, -0.05) is 30.3 Å². The third-order valence-corrected chi connectivity index (χ3v) is 3.13. The number of cyclic esters (lactones) is 1. The van der Waals surface area contributed by atoms with Crippen LogP contribution in [0.5, 0.6) is 0 Å². The number of hydrogen-bond donors (Lipinski definition) is 1. The Bertz CT molecular complexity index is 661. The van der Waals surface area contributed by atoms with Gasteiger partial charge in [0.15, 0.2) is 6.10 Å². The highest BCUT2D eigenvalue weighted by atomic mass is 16.5. The molecule has 19 heavy (non-hydrogen) atoms. The van der Waals surface area contributed by atoms with Crippen LogP contribution in [0, 0.1) is 0 Å². The van der Waals surface area contributed by atoms with Crippen molar-refractivity contribution in [2.24, 2.45) is 0 Å². The number of ether oxygens (including phenoxy) is 1. The minimum absolute atomic E-state index is 0.151. The van der Waals surface area contributed by atoms with Crippen LogP contribution < -0.4 is 0 Å². The van der Waals surface area contributed by atoms with E-state index in [-0.39, 0.29) is 5.56 Å². The summed E-state index contributed by atoms with van der Waals surface area (Å²) in [5.41, 5.74) is 2.02. The second kappa shape index (κ2) is 4.24. The summed E-state index contributed by atoms with van der Waals surface area (Å²) in [6, 6.07) is 13.7. The first-order valence-corrected chi connectivity index (χ1v) is 5.80. The number of carbonyl (C=O) groups is 2. The van der Waals surface area contributed by atoms with Gasteiger partial charge < -0.3 is 9.84 Å². The van der Waals surface area contributed by atoms with Gasteiger partial charge in [0.2, 0.25) is 0 Å². The maximum atomic E-state index is 11.8. The van der Waals surface area contributed by atoms with Crippen molar-refractivity contribution in [1.82, 2.24) is 0 Å². The number of carboxylic acids is 1. The van der Waals surface area contributed by atoms with Crippen molar-refractivity contribution in [3.05, 3.63) is 70.8 Å². The Hall–Kier alpha value is -2.62. The summed E-state index contributed by atoms with van der Waals surface area (Å²) >= 11 is 0. The summed E-state index contributed by atoms with van der Waals surface area (Å²) in [5.74, 6) is -1.44. The summed E-state index contributed by atoms with van der Waals surface area (Å²) in [4.78, 5) is 22.8. The molecule has 1 aliphatic heterocycles. The highest BCUT2D eigenvalue weighted by Gasteiger charge is 2.32. The van der Waals surface area contributed by atoms with E-state index in [0.717, 1.165) is 5.56 Å². The first kappa shape index (κ1) is 11.5. The van der Waals surface area contributed by atoms with Gasteiger partial charge in [0, 0.05) is 5.56 Å². The summed E-state index contributed by atoms with van der Waals surface area (Å²) in [5, 5.41) is 9.01. The number of esters is 1. The van der Waals surface area contributed by atoms with E-state index in [0.29, 0.717) is 11.1 Å². The van der Waals surface area contributed by atoms with E-state index in [1.807, 2.05) is 30.3 Å². The SMILES string of the molecule is O=C(O)c1ccc2c(c1)[C@H](c1ccccc1)OC2=O. The molecule has 1 aliphatic rings. The highest BCUT2D eigenvalue weighted by Crippen LogP contribution is 2.36. The van der Waals surface area contributed by atoms with E-state index < -0.39 is 18.0 Å². The van der Waals surface area contributed by atoms with Crippen molar-refractivity contribution in [1.29, 1.82) is 0 Å². The Morgan fingerprint density at radius 3 is 2.53 bits per heavy atom. The van der Waals surface area contributed by atoms with Crippen molar-refractivity contribution in [2.45, 2.75) is 6.10 Å². The fraction of sp³-hybridized carbons (Fsp3) is 0.0667. The number of benzene rings is 2. The molecule has 1 atom stereocenters. The molecule has 4 heteroatoms. The Morgan fingerprint density at radius 1 is 1.11 bits per heavy atom. The highest BCUT2D eigenvalue weighted by molar-refractivity contribution is 5.97. The van der Waals surface area contributed by atoms with Crippen LogP contribution in [0.15, 0.2) is 48.5 Å². The number of carbonyl (C=O) groups excluding carboxylic acids is 1. The quantitative estimate of drug-likeness (QED) is 0.837. The molecule has 0 amide bonds. The molecule has 0 fully saturated rings. The Kier molecular flexibility index (Phi) is 2.56. The average Bonchev–Trinajstić information content (AvgIpc) is 2.77. The predicted octanol–water partition coefficient (Wildman–Crippen LogP) is 2.64. The molecule has 3 rings (SSSR count). The van der Waals surface area contributed by atoms with Gasteiger partial charge in [-0.15, -0.1) is 0 Å². The zero-order chi connectivity index (χ0) is 13.4. The van der Waals surface area contributed by atoms with Crippen molar-refractivity contribution < 1.29 is 19.4 Å². The van der Waals surface area contributed by atoms with Crippen LogP contribution in [0.1, 0.15) is 37.9 Å². The standard InChI is InChI=1S/C15H10O4/c16-14(17)10-6-7-11-12(8-10)13(19-15(11)18)9-4-2-1-3-5-9/h1-8,13H,(H,16,17)/t13-/m0/s1. The number of hydrogen-bond acceptors (Lipinski definition) is 3. The molecule has 0 saturated heterocycles. The molecule has 0 aliphatic carbocycles. The normalized spacial score (nSPS) is 16.8. The van der Waals surface area contributed by atoms with Gasteiger partial charge in [-0.05, 0) is 23.8 Å². The lowest BCUT2D eigenvalue weighted by atomic mass is 9.97. The lowest BCUT2D eigenvalue weighted by Gasteiger charge is -2.11. The lowest BCUT2D eigenvalue weighted by Crippen LogP contribution is -2.01. The second-order valence-electron chi connectivity index (χ2n) is 4.30. The molecule has 1 heterocycles. The minimum atomic E-state index is -1.02. The Morgan fingerprint density at radius 2 is 1.84 bits per heavy atom. The summed E-state index contributed by atoms with van der Waals surface area (Å²) < 4.78 is 5.32. The van der Waals surface area contributed by atoms with Crippen molar-refractivity contribution >= 4 is 11.9 Å². The van der Waals surface area contributed by atoms with Crippen LogP contribution in [0.3, 0.4) is 0 Å². The van der Waals surface area contributed by atoms with Crippen molar-refractivity contribution in [3.63, 3.8) is 0 Å². The Balaban J connectivity index is 2.12. The molecule has 2 aromatic rings. The van der Waals surface area contributed by atoms with Gasteiger partial charge in [-0.25, -0.2) is 9.59 Å². The number of fused-ring (bicyclic) bond motifs is 1. The third-order valence-electron chi connectivity index (χ3n) is 3.13. The molecule has 2 aromatic carbocycles. The molecule has 0 bridgehead atoms. The van der Waals surface area contributed by atoms with Crippen LogP contribution >= 0.6 is 0 Å². The molecule has 0 saturated carbocycles. The summed E-state index contributed by atoms with van der Waals surface area (Å²) in [6.45, 7) is 0. The number of rotatable bonds is 2. The van der Waals surface area contributed by atoms with Crippen LogP contribution in [0.25, 0.3) is 0 Å². The summed E-state index contributed by atoms with van der Waals surface area (Å²) in [7, 11) is 0. The molecule has 0 spiro atoms. The maximum absolute atomic E-state index is 11.8. The van der Waals surface area contributed by atoms with Gasteiger partial charge in [0.05, 0.1) is 11.1 Å².